The molecule has 0 saturated carbocycles. The Morgan fingerprint density at radius 3 is 2.45 bits per heavy atom. The number of nitrogens with one attached hydrogen (secondary N) is 1. The van der Waals surface area contributed by atoms with Gasteiger partial charge in [-0.15, -0.1) is 0 Å². The molecule has 2 aromatic carbocycles. The number of carbonyl (C=O) groups excluding carboxylic acids is 2. The minimum atomic E-state index is -0.635. The number of anilines is 1. The molecular formula is C23H26FN5O2. The fraction of sp³-hybridized carbons (Fsp3) is 0.261. The van der Waals surface area contributed by atoms with Crippen molar-refractivity contribution in [2.24, 2.45) is 11.7 Å². The average molecular weight is 423 g/mol. The second-order valence-electron chi connectivity index (χ2n) is 7.89. The summed E-state index contributed by atoms with van der Waals surface area (Å²) >= 11 is 0. The van der Waals surface area contributed by atoms with Crippen LogP contribution in [0.2, 0.25) is 0 Å². The van der Waals surface area contributed by atoms with Crippen LogP contribution in [-0.4, -0.2) is 21.6 Å². The molecule has 0 aliphatic carbocycles. The van der Waals surface area contributed by atoms with E-state index in [-0.39, 0.29) is 23.8 Å². The van der Waals surface area contributed by atoms with E-state index in [9.17, 15) is 14.0 Å². The third-order valence-electron chi connectivity index (χ3n) is 4.90. The van der Waals surface area contributed by atoms with Gasteiger partial charge in [0.05, 0.1) is 0 Å². The standard InChI is InChI=1S/C23H26FN5O2/c1-13(2)12-29-21(25)19(22(26)30)20(28-29)16-7-5-15(6-8-16)11-27-23(31)18-10-17(24)9-4-14(18)3/h4-10,13H,11-12,25H2,1-3H3,(H2,26,30)(H,27,31). The maximum atomic E-state index is 13.4. The monoisotopic (exact) mass is 423 g/mol. The molecule has 0 unspecified atom stereocenters. The SMILES string of the molecule is Cc1ccc(F)cc1C(=O)NCc1ccc(-c2nn(CC(C)C)c(N)c2C(N)=O)cc1. The molecule has 3 rings (SSSR count). The average Bonchev–Trinajstić information content (AvgIpc) is 3.04. The Balaban J connectivity index is 1.78. The second-order valence-corrected chi connectivity index (χ2v) is 7.89. The first-order valence-corrected chi connectivity index (χ1v) is 9.97. The molecule has 3 aromatic rings. The van der Waals surface area contributed by atoms with Crippen molar-refractivity contribution in [1.82, 2.24) is 15.1 Å². The summed E-state index contributed by atoms with van der Waals surface area (Å²) in [6.07, 6.45) is 0. The zero-order valence-electron chi connectivity index (χ0n) is 17.8. The first kappa shape index (κ1) is 22.0. The number of amides is 2. The zero-order valence-corrected chi connectivity index (χ0v) is 17.8. The Hall–Kier alpha value is -3.68. The van der Waals surface area contributed by atoms with Crippen LogP contribution in [0, 0.1) is 18.7 Å². The van der Waals surface area contributed by atoms with Crippen LogP contribution in [0.5, 0.6) is 0 Å². The van der Waals surface area contributed by atoms with Crippen molar-refractivity contribution in [2.45, 2.75) is 33.9 Å². The Bertz CT molecular complexity index is 1120. The van der Waals surface area contributed by atoms with Gasteiger partial charge in [0.15, 0.2) is 0 Å². The van der Waals surface area contributed by atoms with E-state index < -0.39 is 11.7 Å². The van der Waals surface area contributed by atoms with Gasteiger partial charge in [0.25, 0.3) is 11.8 Å². The lowest BCUT2D eigenvalue weighted by Crippen LogP contribution is -2.23. The van der Waals surface area contributed by atoms with Crippen LogP contribution >= 0.6 is 0 Å². The van der Waals surface area contributed by atoms with Crippen LogP contribution in [0.4, 0.5) is 10.2 Å². The number of hydrogen-bond donors (Lipinski definition) is 3. The number of nitrogens with two attached hydrogens (primary N) is 2. The number of hydrogen-bond acceptors (Lipinski definition) is 4. The van der Waals surface area contributed by atoms with Crippen molar-refractivity contribution in [3.8, 4) is 11.3 Å². The van der Waals surface area contributed by atoms with Crippen LogP contribution < -0.4 is 16.8 Å². The number of nitrogens with zero attached hydrogens (tertiary/aromatic N) is 2. The smallest absolute Gasteiger partial charge is 0.254 e. The minimum Gasteiger partial charge on any atom is -0.383 e. The molecule has 0 aliphatic heterocycles. The van der Waals surface area contributed by atoms with E-state index in [1.165, 1.54) is 12.1 Å². The summed E-state index contributed by atoms with van der Waals surface area (Å²) in [5, 5.41) is 7.28. The molecule has 0 spiro atoms. The highest BCUT2D eigenvalue weighted by molar-refractivity contribution is 6.03. The maximum absolute atomic E-state index is 13.4. The molecule has 1 aromatic heterocycles. The lowest BCUT2D eigenvalue weighted by molar-refractivity contribution is 0.0948. The van der Waals surface area contributed by atoms with Crippen LogP contribution in [0.15, 0.2) is 42.5 Å². The van der Waals surface area contributed by atoms with Gasteiger partial charge in [-0.05, 0) is 36.1 Å². The quantitative estimate of drug-likeness (QED) is 0.541. The predicted molar refractivity (Wildman–Crippen MR) is 118 cm³/mol. The Morgan fingerprint density at radius 1 is 1.16 bits per heavy atom. The number of aryl methyl sites for hydroxylation is 1. The Kier molecular flexibility index (Phi) is 6.39. The van der Waals surface area contributed by atoms with Crippen molar-refractivity contribution < 1.29 is 14.0 Å². The van der Waals surface area contributed by atoms with Gasteiger partial charge in [-0.2, -0.15) is 5.10 Å². The second kappa shape index (κ2) is 8.99. The van der Waals surface area contributed by atoms with Crippen molar-refractivity contribution in [3.63, 3.8) is 0 Å². The predicted octanol–water partition coefficient (Wildman–Crippen LogP) is 3.26. The molecule has 0 radical (unpaired) electrons. The molecule has 8 heteroatoms. The summed E-state index contributed by atoms with van der Waals surface area (Å²) in [5.74, 6) is -0.898. The van der Waals surface area contributed by atoms with E-state index >= 15 is 0 Å². The molecule has 0 bridgehead atoms. The molecule has 7 nitrogen and oxygen atoms in total. The van der Waals surface area contributed by atoms with Gasteiger partial charge in [0.2, 0.25) is 0 Å². The van der Waals surface area contributed by atoms with Crippen LogP contribution in [0.1, 0.15) is 45.7 Å². The fourth-order valence-corrected chi connectivity index (χ4v) is 3.30. The van der Waals surface area contributed by atoms with E-state index in [4.69, 9.17) is 11.5 Å². The van der Waals surface area contributed by atoms with E-state index in [0.29, 0.717) is 34.8 Å². The van der Waals surface area contributed by atoms with Crippen LogP contribution in [0.25, 0.3) is 11.3 Å². The molecule has 5 N–H and O–H groups in total. The summed E-state index contributed by atoms with van der Waals surface area (Å²) < 4.78 is 15.0. The van der Waals surface area contributed by atoms with Gasteiger partial charge in [-0.25, -0.2) is 9.07 Å². The van der Waals surface area contributed by atoms with E-state index in [2.05, 4.69) is 10.4 Å². The van der Waals surface area contributed by atoms with E-state index in [0.717, 1.165) is 5.56 Å². The van der Waals surface area contributed by atoms with Gasteiger partial charge < -0.3 is 16.8 Å². The largest absolute Gasteiger partial charge is 0.383 e. The number of nitrogen functional groups attached to an aromatic ring is 1. The van der Waals surface area contributed by atoms with Gasteiger partial charge >= 0.3 is 0 Å². The molecule has 2 amide bonds. The lowest BCUT2D eigenvalue weighted by Gasteiger charge is -2.09. The zero-order chi connectivity index (χ0) is 22.7. The molecule has 0 fully saturated rings. The molecule has 31 heavy (non-hydrogen) atoms. The first-order valence-electron chi connectivity index (χ1n) is 9.97. The third-order valence-corrected chi connectivity index (χ3v) is 4.90. The summed E-state index contributed by atoms with van der Waals surface area (Å²) in [5.41, 5.74) is 14.8. The molecule has 1 heterocycles. The van der Waals surface area contributed by atoms with Gasteiger partial charge in [-0.1, -0.05) is 44.2 Å². The number of halogens is 1. The molecule has 0 saturated heterocycles. The van der Waals surface area contributed by atoms with Crippen molar-refractivity contribution >= 4 is 17.6 Å². The summed E-state index contributed by atoms with van der Waals surface area (Å²) in [6.45, 7) is 6.64. The minimum absolute atomic E-state index is 0.197. The molecule has 162 valence electrons. The van der Waals surface area contributed by atoms with Gasteiger partial charge in [-0.3, -0.25) is 9.59 Å². The highest BCUT2D eigenvalue weighted by Crippen LogP contribution is 2.28. The van der Waals surface area contributed by atoms with E-state index in [1.54, 1.807) is 29.8 Å². The number of aromatic nitrogens is 2. The first-order chi connectivity index (χ1) is 14.7. The number of primary amides is 1. The number of benzene rings is 2. The van der Waals surface area contributed by atoms with Crippen LogP contribution in [0.3, 0.4) is 0 Å². The Labute approximate surface area is 180 Å². The summed E-state index contributed by atoms with van der Waals surface area (Å²) in [6, 6.07) is 11.3. The normalized spacial score (nSPS) is 11.0. The van der Waals surface area contributed by atoms with Gasteiger partial charge in [0.1, 0.15) is 22.9 Å². The highest BCUT2D eigenvalue weighted by Gasteiger charge is 2.21. The van der Waals surface area contributed by atoms with Crippen molar-refractivity contribution in [2.75, 3.05) is 5.73 Å². The number of carbonyl (C=O) groups is 2. The fourth-order valence-electron chi connectivity index (χ4n) is 3.30. The van der Waals surface area contributed by atoms with Crippen molar-refractivity contribution in [1.29, 1.82) is 0 Å². The van der Waals surface area contributed by atoms with E-state index in [1.807, 2.05) is 26.0 Å². The lowest BCUT2D eigenvalue weighted by atomic mass is 10.0. The third kappa shape index (κ3) is 4.91. The highest BCUT2D eigenvalue weighted by atomic mass is 19.1. The molecule has 0 aliphatic rings. The van der Waals surface area contributed by atoms with Crippen LogP contribution in [-0.2, 0) is 13.1 Å². The summed E-state index contributed by atoms with van der Waals surface area (Å²) in [4.78, 5) is 24.3. The Morgan fingerprint density at radius 2 is 1.84 bits per heavy atom. The molecule has 0 atom stereocenters. The van der Waals surface area contributed by atoms with Gasteiger partial charge in [0, 0.05) is 24.2 Å². The molecular weight excluding hydrogens is 397 g/mol. The topological polar surface area (TPSA) is 116 Å². The number of rotatable bonds is 7. The maximum Gasteiger partial charge on any atom is 0.254 e. The van der Waals surface area contributed by atoms with Crippen molar-refractivity contribution in [3.05, 3.63) is 70.5 Å². The summed E-state index contributed by atoms with van der Waals surface area (Å²) in [7, 11) is 0.